The number of aryl methyl sites for hydroxylation is 1. The van der Waals surface area contributed by atoms with Crippen LogP contribution >= 0.6 is 12.2 Å². The van der Waals surface area contributed by atoms with Crippen LogP contribution in [0.5, 0.6) is 0 Å². The van der Waals surface area contributed by atoms with Crippen LogP contribution in [0.3, 0.4) is 0 Å². The van der Waals surface area contributed by atoms with E-state index < -0.39 is 0 Å². The molecular weight excluding hydrogens is 400 g/mol. The Morgan fingerprint density at radius 1 is 1.06 bits per heavy atom. The Morgan fingerprint density at radius 3 is 2.42 bits per heavy atom. The Labute approximate surface area is 190 Å². The molecule has 4 nitrogen and oxygen atoms in total. The molecule has 0 bridgehead atoms. The van der Waals surface area contributed by atoms with E-state index in [-0.39, 0.29) is 12.1 Å². The Balaban J connectivity index is 1.62. The van der Waals surface area contributed by atoms with E-state index in [9.17, 15) is 0 Å². The molecule has 1 aliphatic carbocycles. The highest BCUT2D eigenvalue weighted by atomic mass is 32.1. The first-order valence-electron chi connectivity index (χ1n) is 11.2. The van der Waals surface area contributed by atoms with E-state index >= 15 is 0 Å². The summed E-state index contributed by atoms with van der Waals surface area (Å²) in [5.41, 5.74) is 7.50. The molecule has 0 radical (unpaired) electrons. The van der Waals surface area contributed by atoms with Crippen molar-refractivity contribution in [2.45, 2.75) is 64.6 Å². The summed E-state index contributed by atoms with van der Waals surface area (Å²) >= 11 is 5.89. The summed E-state index contributed by atoms with van der Waals surface area (Å²) in [5.74, 6) is 0.507. The highest BCUT2D eigenvalue weighted by Crippen LogP contribution is 2.46. The molecule has 3 aromatic rings. The fraction of sp³-hybridized carbons (Fsp3) is 0.385. The second-order valence-corrected chi connectivity index (χ2v) is 9.56. The zero-order chi connectivity index (χ0) is 21.7. The van der Waals surface area contributed by atoms with Gasteiger partial charge in [0, 0.05) is 29.3 Å². The van der Waals surface area contributed by atoms with Gasteiger partial charge in [-0.2, -0.15) is 0 Å². The summed E-state index contributed by atoms with van der Waals surface area (Å²) in [6, 6.07) is 18.1. The molecule has 5 rings (SSSR count). The Hall–Kier alpha value is -2.66. The van der Waals surface area contributed by atoms with E-state index in [0.29, 0.717) is 12.0 Å². The zero-order valence-electron chi connectivity index (χ0n) is 18.7. The molecule has 160 valence electrons. The lowest BCUT2D eigenvalue weighted by Crippen LogP contribution is -2.29. The summed E-state index contributed by atoms with van der Waals surface area (Å²) in [6.45, 7) is 8.94. The lowest BCUT2D eigenvalue weighted by Gasteiger charge is -2.28. The average molecular weight is 431 g/mol. The van der Waals surface area contributed by atoms with Crippen LogP contribution in [0.2, 0.25) is 0 Å². The normalized spacial score (nSPS) is 21.1. The lowest BCUT2D eigenvalue weighted by atomic mass is 9.96. The van der Waals surface area contributed by atoms with Gasteiger partial charge in [-0.3, -0.25) is 4.98 Å². The van der Waals surface area contributed by atoms with Crippen LogP contribution in [0.15, 0.2) is 54.7 Å². The van der Waals surface area contributed by atoms with Crippen LogP contribution in [-0.4, -0.2) is 14.7 Å². The Kier molecular flexibility index (Phi) is 5.09. The number of nitrogens with one attached hydrogen (secondary N) is 1. The number of pyridine rings is 1. The van der Waals surface area contributed by atoms with Crippen LogP contribution in [-0.2, 0) is 0 Å². The van der Waals surface area contributed by atoms with E-state index in [1.165, 1.54) is 35.4 Å². The molecule has 1 saturated heterocycles. The molecule has 1 saturated carbocycles. The first-order chi connectivity index (χ1) is 15.0. The fourth-order valence-electron chi connectivity index (χ4n) is 4.97. The summed E-state index contributed by atoms with van der Waals surface area (Å²) < 4.78 is 2.52. The number of anilines is 1. The number of rotatable bonds is 5. The maximum Gasteiger partial charge on any atom is 0.174 e. The first kappa shape index (κ1) is 20.3. The van der Waals surface area contributed by atoms with Crippen molar-refractivity contribution in [1.82, 2.24) is 14.9 Å². The molecular formula is C26H30N4S. The molecule has 1 aromatic carbocycles. The zero-order valence-corrected chi connectivity index (χ0v) is 19.5. The summed E-state index contributed by atoms with van der Waals surface area (Å²) in [4.78, 5) is 6.98. The monoisotopic (exact) mass is 430 g/mol. The third kappa shape index (κ3) is 3.55. The molecule has 1 N–H and O–H groups in total. The van der Waals surface area contributed by atoms with Crippen molar-refractivity contribution in [2.75, 3.05) is 4.90 Å². The largest absolute Gasteiger partial charge is 0.351 e. The average Bonchev–Trinajstić information content (AvgIpc) is 3.48. The van der Waals surface area contributed by atoms with Crippen molar-refractivity contribution in [1.29, 1.82) is 0 Å². The van der Waals surface area contributed by atoms with Gasteiger partial charge in [0.1, 0.15) is 0 Å². The number of hydrogen-bond acceptors (Lipinski definition) is 2. The van der Waals surface area contributed by atoms with Crippen LogP contribution in [0.4, 0.5) is 5.69 Å². The number of nitrogens with zero attached hydrogens (tertiary/aromatic N) is 3. The SMILES string of the molecule is Cc1cc([C@@H]2[C@@H](c3ccccn3)NC(=S)N2c2ccc(C(C)C)cc2)c(C)n1C1CC1. The predicted molar refractivity (Wildman–Crippen MR) is 131 cm³/mol. The van der Waals surface area contributed by atoms with Gasteiger partial charge in [0.05, 0.1) is 17.8 Å². The smallest absolute Gasteiger partial charge is 0.174 e. The maximum atomic E-state index is 5.89. The van der Waals surface area contributed by atoms with Crippen molar-refractivity contribution in [3.8, 4) is 0 Å². The molecule has 31 heavy (non-hydrogen) atoms. The number of benzene rings is 1. The summed E-state index contributed by atoms with van der Waals surface area (Å²) in [6.07, 6.45) is 4.42. The van der Waals surface area contributed by atoms with Gasteiger partial charge in [0.25, 0.3) is 0 Å². The van der Waals surface area contributed by atoms with Crippen molar-refractivity contribution >= 4 is 23.0 Å². The van der Waals surface area contributed by atoms with Gasteiger partial charge in [-0.15, -0.1) is 0 Å². The van der Waals surface area contributed by atoms with Crippen molar-refractivity contribution in [2.24, 2.45) is 0 Å². The molecule has 2 aromatic heterocycles. The third-order valence-corrected chi connectivity index (χ3v) is 7.00. The Morgan fingerprint density at radius 2 is 1.81 bits per heavy atom. The van der Waals surface area contributed by atoms with Crippen LogP contribution < -0.4 is 10.2 Å². The molecule has 1 aliphatic heterocycles. The van der Waals surface area contributed by atoms with Gasteiger partial charge in [-0.25, -0.2) is 0 Å². The second-order valence-electron chi connectivity index (χ2n) is 9.17. The lowest BCUT2D eigenvalue weighted by molar-refractivity contribution is 0.562. The number of hydrogen-bond donors (Lipinski definition) is 1. The minimum absolute atomic E-state index is 0.00614. The molecule has 3 heterocycles. The minimum atomic E-state index is 0.00614. The van der Waals surface area contributed by atoms with Gasteiger partial charge < -0.3 is 14.8 Å². The van der Waals surface area contributed by atoms with Gasteiger partial charge in [-0.05, 0) is 86.3 Å². The van der Waals surface area contributed by atoms with E-state index in [1.54, 1.807) is 0 Å². The predicted octanol–water partition coefficient (Wildman–Crippen LogP) is 6.14. The third-order valence-electron chi connectivity index (χ3n) is 6.69. The van der Waals surface area contributed by atoms with E-state index in [4.69, 9.17) is 12.2 Å². The van der Waals surface area contributed by atoms with Gasteiger partial charge in [-0.1, -0.05) is 32.0 Å². The maximum absolute atomic E-state index is 5.89. The van der Waals surface area contributed by atoms with E-state index in [0.717, 1.165) is 16.5 Å². The van der Waals surface area contributed by atoms with E-state index in [2.05, 4.69) is 89.9 Å². The van der Waals surface area contributed by atoms with Crippen molar-refractivity contribution in [3.05, 3.63) is 82.9 Å². The van der Waals surface area contributed by atoms with Gasteiger partial charge in [0.2, 0.25) is 0 Å². The van der Waals surface area contributed by atoms with Crippen molar-refractivity contribution in [3.63, 3.8) is 0 Å². The fourth-order valence-corrected chi connectivity index (χ4v) is 5.31. The van der Waals surface area contributed by atoms with Crippen molar-refractivity contribution < 1.29 is 0 Å². The number of thiocarbonyl (C=S) groups is 1. The standard InChI is InChI=1S/C26H30N4S/c1-16(2)19-8-10-21(11-9-19)30-25(22-15-17(3)29(18(22)4)20-12-13-20)24(28-26(30)31)23-7-5-6-14-27-23/h5-11,14-16,20,24-25H,12-13H2,1-4H3,(H,28,31)/t24-,25-/m1/s1. The van der Waals surface area contributed by atoms with E-state index in [1.807, 2.05) is 12.3 Å². The molecule has 2 fully saturated rings. The number of aromatic nitrogens is 2. The van der Waals surface area contributed by atoms with Crippen LogP contribution in [0.1, 0.15) is 78.9 Å². The van der Waals surface area contributed by atoms with Crippen LogP contribution in [0.25, 0.3) is 0 Å². The quantitative estimate of drug-likeness (QED) is 0.493. The highest BCUT2D eigenvalue weighted by molar-refractivity contribution is 7.80. The van der Waals surface area contributed by atoms with Gasteiger partial charge in [0.15, 0.2) is 5.11 Å². The molecule has 0 unspecified atom stereocenters. The minimum Gasteiger partial charge on any atom is -0.351 e. The highest BCUT2D eigenvalue weighted by Gasteiger charge is 2.42. The Bertz CT molecular complexity index is 1100. The summed E-state index contributed by atoms with van der Waals surface area (Å²) in [7, 11) is 0. The molecule has 0 amide bonds. The molecule has 2 aliphatic rings. The molecule has 2 atom stereocenters. The molecule has 0 spiro atoms. The van der Waals surface area contributed by atoms with Crippen LogP contribution in [0, 0.1) is 13.8 Å². The topological polar surface area (TPSA) is 33.1 Å². The first-order valence-corrected chi connectivity index (χ1v) is 11.7. The van der Waals surface area contributed by atoms with Gasteiger partial charge >= 0.3 is 0 Å². The molecule has 5 heteroatoms. The second kappa shape index (κ2) is 7.79. The summed E-state index contributed by atoms with van der Waals surface area (Å²) in [5, 5.41) is 4.35.